The van der Waals surface area contributed by atoms with Gasteiger partial charge in [0, 0.05) is 16.7 Å². The Labute approximate surface area is 244 Å². The zero-order chi connectivity index (χ0) is 27.9. The van der Waals surface area contributed by atoms with Crippen molar-refractivity contribution in [1.29, 1.82) is 0 Å². The molecular formula is C40H26N2. The number of aromatic nitrogens is 2. The molecule has 0 atom stereocenters. The van der Waals surface area contributed by atoms with Gasteiger partial charge in [-0.05, 0) is 67.7 Å². The molecule has 42 heavy (non-hydrogen) atoms. The van der Waals surface area contributed by atoms with Crippen molar-refractivity contribution in [3.8, 4) is 45.0 Å². The van der Waals surface area contributed by atoms with Crippen LogP contribution >= 0.6 is 0 Å². The smallest absolute Gasteiger partial charge is 0.160 e. The third-order valence-electron chi connectivity index (χ3n) is 8.04. The van der Waals surface area contributed by atoms with E-state index in [1.807, 2.05) is 0 Å². The first-order chi connectivity index (χ1) is 20.8. The molecule has 0 fully saturated rings. The predicted molar refractivity (Wildman–Crippen MR) is 176 cm³/mol. The average molecular weight is 535 g/mol. The molecule has 0 aliphatic carbocycles. The molecule has 1 aromatic heterocycles. The van der Waals surface area contributed by atoms with Gasteiger partial charge in [-0.3, -0.25) is 0 Å². The van der Waals surface area contributed by atoms with Crippen LogP contribution in [0.3, 0.4) is 0 Å². The van der Waals surface area contributed by atoms with Crippen LogP contribution in [0.1, 0.15) is 0 Å². The minimum Gasteiger partial charge on any atom is -0.228 e. The second-order valence-electron chi connectivity index (χ2n) is 10.7. The maximum Gasteiger partial charge on any atom is 0.160 e. The highest BCUT2D eigenvalue weighted by Gasteiger charge is 2.12. The molecule has 1 heterocycles. The van der Waals surface area contributed by atoms with Crippen molar-refractivity contribution in [1.82, 2.24) is 9.97 Å². The molecule has 0 radical (unpaired) electrons. The molecule has 0 unspecified atom stereocenters. The summed E-state index contributed by atoms with van der Waals surface area (Å²) >= 11 is 0. The molecule has 0 aliphatic rings. The second-order valence-corrected chi connectivity index (χ2v) is 10.7. The molecule has 2 heteroatoms. The summed E-state index contributed by atoms with van der Waals surface area (Å²) in [5, 5.41) is 7.29. The van der Waals surface area contributed by atoms with Gasteiger partial charge in [0.05, 0.1) is 11.4 Å². The first kappa shape index (κ1) is 24.2. The zero-order valence-electron chi connectivity index (χ0n) is 22.9. The summed E-state index contributed by atoms with van der Waals surface area (Å²) in [6.07, 6.45) is 0. The van der Waals surface area contributed by atoms with E-state index in [2.05, 4.69) is 158 Å². The summed E-state index contributed by atoms with van der Waals surface area (Å²) in [6.45, 7) is 0. The molecule has 0 saturated heterocycles. The van der Waals surface area contributed by atoms with Gasteiger partial charge >= 0.3 is 0 Å². The van der Waals surface area contributed by atoms with Gasteiger partial charge in [0.15, 0.2) is 5.82 Å². The van der Waals surface area contributed by atoms with Crippen LogP contribution in [-0.2, 0) is 0 Å². The van der Waals surface area contributed by atoms with Gasteiger partial charge in [-0.15, -0.1) is 0 Å². The molecule has 0 saturated carbocycles. The Balaban J connectivity index is 1.25. The highest BCUT2D eigenvalue weighted by atomic mass is 14.9. The SMILES string of the molecule is c1ccc2cc(-c3ccc(-c4cc(-c5ccc6ccccc6c5)nc(-c5ccc6ccccc6c5)n4)cc3)ccc2c1. The minimum atomic E-state index is 0.722. The van der Waals surface area contributed by atoms with Crippen LogP contribution in [0.2, 0.25) is 0 Å². The highest BCUT2D eigenvalue weighted by Crippen LogP contribution is 2.32. The number of fused-ring (bicyclic) bond motifs is 3. The molecule has 0 spiro atoms. The molecule has 0 aliphatic heterocycles. The van der Waals surface area contributed by atoms with Crippen LogP contribution in [0.4, 0.5) is 0 Å². The molecular weight excluding hydrogens is 508 g/mol. The van der Waals surface area contributed by atoms with Crippen molar-refractivity contribution in [2.24, 2.45) is 0 Å². The van der Waals surface area contributed by atoms with E-state index < -0.39 is 0 Å². The Hall–Kier alpha value is -5.60. The van der Waals surface area contributed by atoms with Crippen LogP contribution in [0, 0.1) is 0 Å². The van der Waals surface area contributed by atoms with Crippen molar-refractivity contribution >= 4 is 32.3 Å². The summed E-state index contributed by atoms with van der Waals surface area (Å²) in [5.41, 5.74) is 7.34. The van der Waals surface area contributed by atoms with E-state index in [-0.39, 0.29) is 0 Å². The van der Waals surface area contributed by atoms with Crippen molar-refractivity contribution in [3.05, 3.63) is 158 Å². The van der Waals surface area contributed by atoms with Crippen LogP contribution in [0.15, 0.2) is 158 Å². The van der Waals surface area contributed by atoms with Crippen LogP contribution in [0.5, 0.6) is 0 Å². The first-order valence-electron chi connectivity index (χ1n) is 14.2. The number of nitrogens with zero attached hydrogens (tertiary/aromatic N) is 2. The minimum absolute atomic E-state index is 0.722. The summed E-state index contributed by atoms with van der Waals surface area (Å²) in [6, 6.07) is 55.8. The van der Waals surface area contributed by atoms with E-state index in [0.717, 1.165) is 33.9 Å². The molecule has 0 amide bonds. The second kappa shape index (κ2) is 10.1. The molecule has 8 rings (SSSR count). The fourth-order valence-corrected chi connectivity index (χ4v) is 5.75. The van der Waals surface area contributed by atoms with Gasteiger partial charge < -0.3 is 0 Å². The Morgan fingerprint density at radius 1 is 0.262 bits per heavy atom. The van der Waals surface area contributed by atoms with Crippen LogP contribution < -0.4 is 0 Å². The van der Waals surface area contributed by atoms with Crippen molar-refractivity contribution in [2.75, 3.05) is 0 Å². The third kappa shape index (κ3) is 4.49. The summed E-state index contributed by atoms with van der Waals surface area (Å²) in [7, 11) is 0. The number of rotatable bonds is 4. The Bertz CT molecular complexity index is 2150. The van der Waals surface area contributed by atoms with Gasteiger partial charge in [0.2, 0.25) is 0 Å². The molecule has 0 bridgehead atoms. The van der Waals surface area contributed by atoms with E-state index >= 15 is 0 Å². The Kier molecular flexibility index (Phi) is 5.82. The average Bonchev–Trinajstić information content (AvgIpc) is 3.07. The Morgan fingerprint density at radius 2 is 0.643 bits per heavy atom. The molecule has 2 nitrogen and oxygen atoms in total. The number of hydrogen-bond acceptors (Lipinski definition) is 2. The van der Waals surface area contributed by atoms with E-state index in [1.165, 1.54) is 43.4 Å². The Morgan fingerprint density at radius 3 is 1.21 bits per heavy atom. The highest BCUT2D eigenvalue weighted by molar-refractivity contribution is 5.90. The lowest BCUT2D eigenvalue weighted by Gasteiger charge is -2.11. The lowest BCUT2D eigenvalue weighted by molar-refractivity contribution is 1.18. The zero-order valence-corrected chi connectivity index (χ0v) is 22.9. The van der Waals surface area contributed by atoms with Gasteiger partial charge in [0.25, 0.3) is 0 Å². The van der Waals surface area contributed by atoms with Gasteiger partial charge in [-0.1, -0.05) is 133 Å². The largest absolute Gasteiger partial charge is 0.228 e. The molecule has 8 aromatic rings. The quantitative estimate of drug-likeness (QED) is 0.224. The molecule has 196 valence electrons. The first-order valence-corrected chi connectivity index (χ1v) is 14.2. The lowest BCUT2D eigenvalue weighted by atomic mass is 9.99. The number of benzene rings is 7. The van der Waals surface area contributed by atoms with E-state index in [4.69, 9.17) is 9.97 Å². The van der Waals surface area contributed by atoms with Gasteiger partial charge in [-0.25, -0.2) is 9.97 Å². The van der Waals surface area contributed by atoms with E-state index in [1.54, 1.807) is 0 Å². The molecule has 7 aromatic carbocycles. The fraction of sp³-hybridized carbons (Fsp3) is 0. The normalized spacial score (nSPS) is 11.3. The van der Waals surface area contributed by atoms with E-state index in [0.29, 0.717) is 0 Å². The summed E-state index contributed by atoms with van der Waals surface area (Å²) in [4.78, 5) is 10.2. The van der Waals surface area contributed by atoms with Gasteiger partial charge in [0.1, 0.15) is 0 Å². The standard InChI is InChI=1S/C40H26N2/c1-4-10-32-23-35(20-15-27(32)7-1)30-13-18-31(19-14-30)38-26-39(36-21-16-28-8-2-5-11-33(28)24-36)42-40(41-38)37-22-17-29-9-3-6-12-34(29)25-37/h1-26H. The van der Waals surface area contributed by atoms with Crippen molar-refractivity contribution in [2.45, 2.75) is 0 Å². The van der Waals surface area contributed by atoms with Gasteiger partial charge in [-0.2, -0.15) is 0 Å². The summed E-state index contributed by atoms with van der Waals surface area (Å²) in [5.74, 6) is 0.722. The van der Waals surface area contributed by atoms with Crippen LogP contribution in [0.25, 0.3) is 77.3 Å². The topological polar surface area (TPSA) is 25.8 Å². The lowest BCUT2D eigenvalue weighted by Crippen LogP contribution is -1.96. The summed E-state index contributed by atoms with van der Waals surface area (Å²) < 4.78 is 0. The van der Waals surface area contributed by atoms with Crippen molar-refractivity contribution < 1.29 is 0 Å². The maximum atomic E-state index is 5.10. The predicted octanol–water partition coefficient (Wildman–Crippen LogP) is 10.6. The third-order valence-corrected chi connectivity index (χ3v) is 8.04. The van der Waals surface area contributed by atoms with Crippen molar-refractivity contribution in [3.63, 3.8) is 0 Å². The molecule has 0 N–H and O–H groups in total. The fourth-order valence-electron chi connectivity index (χ4n) is 5.75. The monoisotopic (exact) mass is 534 g/mol. The number of hydrogen-bond donors (Lipinski definition) is 0. The van der Waals surface area contributed by atoms with Crippen LogP contribution in [-0.4, -0.2) is 9.97 Å². The maximum absolute atomic E-state index is 5.10. The van der Waals surface area contributed by atoms with E-state index in [9.17, 15) is 0 Å².